The molecule has 0 saturated carbocycles. The number of methoxy groups -OCH3 is 1. The molecule has 1 aliphatic rings. The fourth-order valence-electron chi connectivity index (χ4n) is 3.59. The predicted octanol–water partition coefficient (Wildman–Crippen LogP) is 4.58. The highest BCUT2D eigenvalue weighted by molar-refractivity contribution is 7.09. The fourth-order valence-corrected chi connectivity index (χ4v) is 4.29. The van der Waals surface area contributed by atoms with Crippen LogP contribution >= 0.6 is 11.3 Å². The maximum Gasteiger partial charge on any atom is 0.322 e. The van der Waals surface area contributed by atoms with Crippen molar-refractivity contribution in [3.8, 4) is 5.75 Å². The van der Waals surface area contributed by atoms with E-state index < -0.39 is 0 Å². The van der Waals surface area contributed by atoms with Gasteiger partial charge in [-0.05, 0) is 55.5 Å². The summed E-state index contributed by atoms with van der Waals surface area (Å²) in [6.07, 6.45) is 2.02. The Morgan fingerprint density at radius 3 is 2.74 bits per heavy atom. The third-order valence-corrected chi connectivity index (χ3v) is 6.07. The standard InChI is InChI=1S/C21H29N3O2S/c1-4-23-11-9-17(10-12-23)24(15-18-6-5-13-27-18)21(25)22-19-14-16(2)7-8-20(19)26-3/h5-8,13-14,17H,4,9-12,15H2,1-3H3,(H,22,25). The average Bonchev–Trinajstić information content (AvgIpc) is 3.20. The molecule has 1 saturated heterocycles. The number of hydrogen-bond donors (Lipinski definition) is 1. The van der Waals surface area contributed by atoms with Crippen LogP contribution in [0.15, 0.2) is 35.7 Å². The first-order valence-electron chi connectivity index (χ1n) is 9.57. The van der Waals surface area contributed by atoms with Gasteiger partial charge < -0.3 is 19.9 Å². The van der Waals surface area contributed by atoms with Crippen LogP contribution in [0, 0.1) is 6.92 Å². The number of carbonyl (C=O) groups excluding carboxylic acids is 1. The van der Waals surface area contributed by atoms with E-state index in [9.17, 15) is 4.79 Å². The van der Waals surface area contributed by atoms with E-state index in [1.165, 1.54) is 4.88 Å². The van der Waals surface area contributed by atoms with Crippen molar-refractivity contribution in [2.24, 2.45) is 0 Å². The van der Waals surface area contributed by atoms with Crippen LogP contribution in [0.4, 0.5) is 10.5 Å². The van der Waals surface area contributed by atoms with Crippen molar-refractivity contribution in [3.05, 3.63) is 46.2 Å². The highest BCUT2D eigenvalue weighted by Crippen LogP contribution is 2.27. The van der Waals surface area contributed by atoms with Crippen LogP contribution in [0.2, 0.25) is 0 Å². The maximum atomic E-state index is 13.2. The van der Waals surface area contributed by atoms with Crippen molar-refractivity contribution in [1.82, 2.24) is 9.80 Å². The Labute approximate surface area is 165 Å². The first kappa shape index (κ1) is 19.7. The lowest BCUT2D eigenvalue weighted by Gasteiger charge is -2.38. The van der Waals surface area contributed by atoms with Crippen molar-refractivity contribution >= 4 is 23.1 Å². The van der Waals surface area contributed by atoms with Crippen LogP contribution in [-0.2, 0) is 6.54 Å². The maximum absolute atomic E-state index is 13.2. The summed E-state index contributed by atoms with van der Waals surface area (Å²) in [6, 6.07) is 10.2. The molecule has 5 nitrogen and oxygen atoms in total. The van der Waals surface area contributed by atoms with Gasteiger partial charge in [0.1, 0.15) is 5.75 Å². The number of rotatable bonds is 6. The molecule has 0 atom stereocenters. The minimum Gasteiger partial charge on any atom is -0.495 e. The van der Waals surface area contributed by atoms with Gasteiger partial charge in [-0.25, -0.2) is 4.79 Å². The minimum absolute atomic E-state index is 0.0535. The van der Waals surface area contributed by atoms with E-state index in [4.69, 9.17) is 4.74 Å². The fraction of sp³-hybridized carbons (Fsp3) is 0.476. The number of nitrogens with zero attached hydrogens (tertiary/aromatic N) is 2. The molecule has 1 N–H and O–H groups in total. The molecule has 6 heteroatoms. The number of nitrogens with one attached hydrogen (secondary N) is 1. The number of thiophene rings is 1. The Bertz CT molecular complexity index is 740. The molecule has 1 aromatic heterocycles. The molecule has 0 aliphatic carbocycles. The largest absolute Gasteiger partial charge is 0.495 e. The van der Waals surface area contributed by atoms with Crippen LogP contribution in [0.1, 0.15) is 30.2 Å². The lowest BCUT2D eigenvalue weighted by molar-refractivity contribution is 0.127. The Morgan fingerprint density at radius 1 is 1.33 bits per heavy atom. The van der Waals surface area contributed by atoms with Gasteiger partial charge >= 0.3 is 6.03 Å². The van der Waals surface area contributed by atoms with Crippen LogP contribution in [-0.4, -0.2) is 48.6 Å². The monoisotopic (exact) mass is 387 g/mol. The van der Waals surface area contributed by atoms with Gasteiger partial charge in [0.05, 0.1) is 19.3 Å². The van der Waals surface area contributed by atoms with Gasteiger partial charge in [-0.2, -0.15) is 0 Å². The van der Waals surface area contributed by atoms with Gasteiger partial charge in [-0.3, -0.25) is 0 Å². The zero-order valence-electron chi connectivity index (χ0n) is 16.4. The van der Waals surface area contributed by atoms with E-state index in [1.807, 2.05) is 36.1 Å². The summed E-state index contributed by atoms with van der Waals surface area (Å²) < 4.78 is 5.42. The smallest absolute Gasteiger partial charge is 0.322 e. The second-order valence-electron chi connectivity index (χ2n) is 7.01. The van der Waals surface area contributed by atoms with Crippen molar-refractivity contribution < 1.29 is 9.53 Å². The number of benzene rings is 1. The van der Waals surface area contributed by atoms with Gasteiger partial charge in [0, 0.05) is 24.0 Å². The number of urea groups is 1. The van der Waals surface area contributed by atoms with E-state index in [-0.39, 0.29) is 12.1 Å². The molecule has 146 valence electrons. The Balaban J connectivity index is 1.77. The normalized spacial score (nSPS) is 15.5. The highest BCUT2D eigenvalue weighted by Gasteiger charge is 2.28. The molecule has 0 bridgehead atoms. The van der Waals surface area contributed by atoms with Gasteiger partial charge in [0.25, 0.3) is 0 Å². The summed E-state index contributed by atoms with van der Waals surface area (Å²) in [6.45, 7) is 8.02. The van der Waals surface area contributed by atoms with Gasteiger partial charge in [0.2, 0.25) is 0 Å². The summed E-state index contributed by atoms with van der Waals surface area (Å²) in [5, 5.41) is 5.15. The van der Waals surface area contributed by atoms with Crippen molar-refractivity contribution in [2.75, 3.05) is 32.1 Å². The lowest BCUT2D eigenvalue weighted by Crippen LogP contribution is -2.48. The third kappa shape index (κ3) is 5.02. The first-order valence-corrected chi connectivity index (χ1v) is 10.5. The number of aryl methyl sites for hydroxylation is 1. The van der Waals surface area contributed by atoms with E-state index in [2.05, 4.69) is 28.6 Å². The van der Waals surface area contributed by atoms with Crippen molar-refractivity contribution in [2.45, 2.75) is 39.3 Å². The molecule has 1 aromatic carbocycles. The summed E-state index contributed by atoms with van der Waals surface area (Å²) in [5.41, 5.74) is 1.82. The molecule has 2 heterocycles. The summed E-state index contributed by atoms with van der Waals surface area (Å²) in [4.78, 5) is 18.9. The topological polar surface area (TPSA) is 44.8 Å². The Hall–Kier alpha value is -2.05. The molecule has 0 radical (unpaired) electrons. The highest BCUT2D eigenvalue weighted by atomic mass is 32.1. The zero-order valence-corrected chi connectivity index (χ0v) is 17.2. The number of anilines is 1. The zero-order chi connectivity index (χ0) is 19.2. The summed E-state index contributed by atoms with van der Waals surface area (Å²) in [5.74, 6) is 0.686. The van der Waals surface area contributed by atoms with Crippen LogP contribution < -0.4 is 10.1 Å². The van der Waals surface area contributed by atoms with Gasteiger partial charge in [-0.15, -0.1) is 11.3 Å². The molecule has 27 heavy (non-hydrogen) atoms. The third-order valence-electron chi connectivity index (χ3n) is 5.21. The second kappa shape index (κ2) is 9.24. The Morgan fingerprint density at radius 2 is 2.11 bits per heavy atom. The predicted molar refractivity (Wildman–Crippen MR) is 112 cm³/mol. The van der Waals surface area contributed by atoms with Crippen LogP contribution in [0.25, 0.3) is 0 Å². The summed E-state index contributed by atoms with van der Waals surface area (Å²) in [7, 11) is 1.63. The number of likely N-dealkylation sites (tertiary alicyclic amines) is 1. The summed E-state index contributed by atoms with van der Waals surface area (Å²) >= 11 is 1.70. The molecule has 1 fully saturated rings. The number of hydrogen-bond acceptors (Lipinski definition) is 4. The van der Waals surface area contributed by atoms with Gasteiger partial charge in [-0.1, -0.05) is 19.1 Å². The second-order valence-corrected chi connectivity index (χ2v) is 8.04. The van der Waals surface area contributed by atoms with E-state index in [1.54, 1.807) is 18.4 Å². The average molecular weight is 388 g/mol. The quantitative estimate of drug-likeness (QED) is 0.789. The van der Waals surface area contributed by atoms with E-state index >= 15 is 0 Å². The number of piperidine rings is 1. The molecule has 0 unspecified atom stereocenters. The molecular formula is C21H29N3O2S. The van der Waals surface area contributed by atoms with Gasteiger partial charge in [0.15, 0.2) is 0 Å². The number of ether oxygens (including phenoxy) is 1. The van der Waals surface area contributed by atoms with Crippen molar-refractivity contribution in [1.29, 1.82) is 0 Å². The molecule has 1 aliphatic heterocycles. The van der Waals surface area contributed by atoms with Crippen LogP contribution in [0.3, 0.4) is 0 Å². The SMILES string of the molecule is CCN1CCC(N(Cc2cccs2)C(=O)Nc2cc(C)ccc2OC)CC1. The van der Waals surface area contributed by atoms with E-state index in [0.717, 1.165) is 43.7 Å². The molecule has 2 aromatic rings. The minimum atomic E-state index is -0.0535. The first-order chi connectivity index (χ1) is 13.1. The molecule has 0 spiro atoms. The number of amides is 2. The molecule has 3 rings (SSSR count). The molecule has 2 amide bonds. The van der Waals surface area contributed by atoms with E-state index in [0.29, 0.717) is 12.3 Å². The number of carbonyl (C=O) groups is 1. The Kier molecular flexibility index (Phi) is 6.74. The molecular weight excluding hydrogens is 358 g/mol. The van der Waals surface area contributed by atoms with Crippen molar-refractivity contribution in [3.63, 3.8) is 0 Å². The lowest BCUT2D eigenvalue weighted by atomic mass is 10.0. The van der Waals surface area contributed by atoms with Crippen LogP contribution in [0.5, 0.6) is 5.75 Å².